The Morgan fingerprint density at radius 3 is 3.13 bits per heavy atom. The molecule has 0 radical (unpaired) electrons. The molecule has 2 heterocycles. The maximum atomic E-state index is 4.10. The predicted molar refractivity (Wildman–Crippen MR) is 58.4 cm³/mol. The minimum Gasteiger partial charge on any atom is -0.320 e. The molecule has 5 heteroatoms. The SMILES string of the molecule is CN(Cc1nncn1C)C1CCCNC1. The zero-order valence-electron chi connectivity index (χ0n) is 9.48. The Morgan fingerprint density at radius 2 is 2.53 bits per heavy atom. The Kier molecular flexibility index (Phi) is 3.33. The van der Waals surface area contributed by atoms with Gasteiger partial charge in [-0.25, -0.2) is 0 Å². The molecule has 1 N–H and O–H groups in total. The van der Waals surface area contributed by atoms with Gasteiger partial charge in [-0.15, -0.1) is 10.2 Å². The van der Waals surface area contributed by atoms with Crippen LogP contribution in [0.1, 0.15) is 18.7 Å². The summed E-state index contributed by atoms with van der Waals surface area (Å²) in [6.07, 6.45) is 4.30. The topological polar surface area (TPSA) is 46.0 Å². The van der Waals surface area contributed by atoms with Gasteiger partial charge in [0.2, 0.25) is 0 Å². The highest BCUT2D eigenvalue weighted by molar-refractivity contribution is 4.86. The minimum absolute atomic E-state index is 0.635. The van der Waals surface area contributed by atoms with Crippen LogP contribution < -0.4 is 5.32 Å². The maximum Gasteiger partial charge on any atom is 0.146 e. The summed E-state index contributed by atoms with van der Waals surface area (Å²) in [6, 6.07) is 0.635. The number of likely N-dealkylation sites (N-methyl/N-ethyl adjacent to an activating group) is 1. The van der Waals surface area contributed by atoms with Crippen molar-refractivity contribution in [1.29, 1.82) is 0 Å². The van der Waals surface area contributed by atoms with E-state index >= 15 is 0 Å². The number of nitrogens with one attached hydrogen (secondary N) is 1. The van der Waals surface area contributed by atoms with E-state index in [0.717, 1.165) is 25.5 Å². The van der Waals surface area contributed by atoms with Crippen molar-refractivity contribution in [2.45, 2.75) is 25.4 Å². The molecule has 0 spiro atoms. The van der Waals surface area contributed by atoms with Crippen molar-refractivity contribution in [3.05, 3.63) is 12.2 Å². The van der Waals surface area contributed by atoms with Crippen molar-refractivity contribution in [1.82, 2.24) is 25.0 Å². The van der Waals surface area contributed by atoms with E-state index in [1.165, 1.54) is 12.8 Å². The van der Waals surface area contributed by atoms with E-state index in [1.54, 1.807) is 6.33 Å². The summed E-state index contributed by atoms with van der Waals surface area (Å²) in [5.74, 6) is 1.03. The van der Waals surface area contributed by atoms with Gasteiger partial charge in [-0.05, 0) is 26.4 Å². The molecule has 0 aromatic carbocycles. The first-order valence-electron chi connectivity index (χ1n) is 5.51. The van der Waals surface area contributed by atoms with Gasteiger partial charge in [0.25, 0.3) is 0 Å². The van der Waals surface area contributed by atoms with E-state index < -0.39 is 0 Å². The minimum atomic E-state index is 0.635. The van der Waals surface area contributed by atoms with Crippen LogP contribution in [0.15, 0.2) is 6.33 Å². The number of nitrogens with zero attached hydrogens (tertiary/aromatic N) is 4. The Bertz CT molecular complexity index is 303. The van der Waals surface area contributed by atoms with Crippen LogP contribution in [-0.4, -0.2) is 45.8 Å². The first-order chi connectivity index (χ1) is 7.27. The molecule has 1 aliphatic heterocycles. The first-order valence-corrected chi connectivity index (χ1v) is 5.51. The van der Waals surface area contributed by atoms with E-state index in [9.17, 15) is 0 Å². The Balaban J connectivity index is 1.91. The molecular formula is C10H19N5. The lowest BCUT2D eigenvalue weighted by atomic mass is 10.1. The second kappa shape index (κ2) is 4.72. The number of rotatable bonds is 3. The van der Waals surface area contributed by atoms with E-state index in [1.807, 2.05) is 11.6 Å². The Hall–Kier alpha value is -0.940. The van der Waals surface area contributed by atoms with Crippen molar-refractivity contribution in [2.75, 3.05) is 20.1 Å². The summed E-state index contributed by atoms with van der Waals surface area (Å²) in [4.78, 5) is 2.36. The molecule has 1 atom stereocenters. The van der Waals surface area contributed by atoms with Gasteiger partial charge in [0.1, 0.15) is 12.2 Å². The number of aryl methyl sites for hydroxylation is 1. The third-order valence-corrected chi connectivity index (χ3v) is 3.09. The third-order valence-electron chi connectivity index (χ3n) is 3.09. The number of hydrogen-bond donors (Lipinski definition) is 1. The molecule has 1 aromatic rings. The molecule has 1 saturated heterocycles. The normalized spacial score (nSPS) is 22.2. The molecule has 5 nitrogen and oxygen atoms in total. The molecule has 0 amide bonds. The summed E-state index contributed by atoms with van der Waals surface area (Å²) < 4.78 is 1.98. The predicted octanol–water partition coefficient (Wildman–Crippen LogP) is -0.00110. The maximum absolute atomic E-state index is 4.10. The number of hydrogen-bond acceptors (Lipinski definition) is 4. The van der Waals surface area contributed by atoms with Gasteiger partial charge in [-0.3, -0.25) is 4.90 Å². The molecule has 84 valence electrons. The summed E-state index contributed by atoms with van der Waals surface area (Å²) in [5.41, 5.74) is 0. The highest BCUT2D eigenvalue weighted by Crippen LogP contribution is 2.10. The van der Waals surface area contributed by atoms with Crippen molar-refractivity contribution >= 4 is 0 Å². The van der Waals surface area contributed by atoms with Gasteiger partial charge >= 0.3 is 0 Å². The fourth-order valence-electron chi connectivity index (χ4n) is 2.01. The first kappa shape index (κ1) is 10.6. The highest BCUT2D eigenvalue weighted by Gasteiger charge is 2.18. The molecule has 2 rings (SSSR count). The average Bonchev–Trinajstić information content (AvgIpc) is 2.66. The second-order valence-corrected chi connectivity index (χ2v) is 4.27. The standard InChI is InChI=1S/C10H19N5/c1-14(9-4-3-5-11-6-9)7-10-13-12-8-15(10)2/h8-9,11H,3-7H2,1-2H3. The van der Waals surface area contributed by atoms with Crippen LogP contribution in [-0.2, 0) is 13.6 Å². The molecule has 1 fully saturated rings. The monoisotopic (exact) mass is 209 g/mol. The van der Waals surface area contributed by atoms with Crippen LogP contribution in [0, 0.1) is 0 Å². The van der Waals surface area contributed by atoms with Crippen LogP contribution in [0.2, 0.25) is 0 Å². The Morgan fingerprint density at radius 1 is 1.67 bits per heavy atom. The molecule has 1 unspecified atom stereocenters. The molecule has 0 bridgehead atoms. The van der Waals surface area contributed by atoms with Gasteiger partial charge in [-0.2, -0.15) is 0 Å². The van der Waals surface area contributed by atoms with Gasteiger partial charge in [-0.1, -0.05) is 0 Å². The van der Waals surface area contributed by atoms with Gasteiger partial charge in [0, 0.05) is 19.6 Å². The highest BCUT2D eigenvalue weighted by atomic mass is 15.3. The zero-order valence-corrected chi connectivity index (χ0v) is 9.48. The van der Waals surface area contributed by atoms with Crippen molar-refractivity contribution < 1.29 is 0 Å². The Labute approximate surface area is 90.5 Å². The van der Waals surface area contributed by atoms with Gasteiger partial charge in [0.05, 0.1) is 6.54 Å². The average molecular weight is 209 g/mol. The quantitative estimate of drug-likeness (QED) is 0.761. The van der Waals surface area contributed by atoms with Crippen LogP contribution >= 0.6 is 0 Å². The molecule has 0 aliphatic carbocycles. The lowest BCUT2D eigenvalue weighted by Gasteiger charge is -2.31. The van der Waals surface area contributed by atoms with Gasteiger partial charge < -0.3 is 9.88 Å². The molecule has 0 saturated carbocycles. The number of piperidine rings is 1. The lowest BCUT2D eigenvalue weighted by Crippen LogP contribution is -2.44. The zero-order chi connectivity index (χ0) is 10.7. The molecular weight excluding hydrogens is 190 g/mol. The van der Waals surface area contributed by atoms with E-state index in [2.05, 4.69) is 27.5 Å². The summed E-state index contributed by atoms with van der Waals surface area (Å²) in [6.45, 7) is 3.13. The summed E-state index contributed by atoms with van der Waals surface area (Å²) in [7, 11) is 4.15. The van der Waals surface area contributed by atoms with E-state index in [0.29, 0.717) is 6.04 Å². The van der Waals surface area contributed by atoms with Crippen molar-refractivity contribution in [2.24, 2.45) is 7.05 Å². The van der Waals surface area contributed by atoms with Crippen molar-refractivity contribution in [3.63, 3.8) is 0 Å². The van der Waals surface area contributed by atoms with Crippen LogP contribution in [0.5, 0.6) is 0 Å². The fraction of sp³-hybridized carbons (Fsp3) is 0.800. The lowest BCUT2D eigenvalue weighted by molar-refractivity contribution is 0.190. The largest absolute Gasteiger partial charge is 0.320 e. The molecule has 1 aliphatic rings. The van der Waals surface area contributed by atoms with Crippen LogP contribution in [0.4, 0.5) is 0 Å². The van der Waals surface area contributed by atoms with E-state index in [-0.39, 0.29) is 0 Å². The van der Waals surface area contributed by atoms with Crippen molar-refractivity contribution in [3.8, 4) is 0 Å². The fourth-order valence-corrected chi connectivity index (χ4v) is 2.01. The molecule has 1 aromatic heterocycles. The third kappa shape index (κ3) is 2.54. The second-order valence-electron chi connectivity index (χ2n) is 4.27. The van der Waals surface area contributed by atoms with Gasteiger partial charge in [0.15, 0.2) is 0 Å². The summed E-state index contributed by atoms with van der Waals surface area (Å²) in [5, 5.41) is 11.4. The summed E-state index contributed by atoms with van der Waals surface area (Å²) >= 11 is 0. The smallest absolute Gasteiger partial charge is 0.146 e. The van der Waals surface area contributed by atoms with Crippen LogP contribution in [0.3, 0.4) is 0 Å². The number of aromatic nitrogens is 3. The van der Waals surface area contributed by atoms with E-state index in [4.69, 9.17) is 0 Å². The van der Waals surface area contributed by atoms with Crippen LogP contribution in [0.25, 0.3) is 0 Å². The molecule has 15 heavy (non-hydrogen) atoms.